The molecule has 0 atom stereocenters. The monoisotopic (exact) mass is 438 g/mol. The lowest BCUT2D eigenvalue weighted by atomic mass is 10.3. The van der Waals surface area contributed by atoms with Crippen molar-refractivity contribution in [2.24, 2.45) is 19.1 Å². The molecule has 3 heterocycles. The smallest absolute Gasteiger partial charge is 0.287 e. The van der Waals surface area contributed by atoms with E-state index in [1.807, 2.05) is 0 Å². The number of aromatic nitrogens is 2. The molecule has 1 aliphatic heterocycles. The topological polar surface area (TPSA) is 148 Å². The number of carbonyl (C=O) groups excluding carboxylic acids is 2. The van der Waals surface area contributed by atoms with Gasteiger partial charge in [-0.15, -0.1) is 12.4 Å². The van der Waals surface area contributed by atoms with Gasteiger partial charge >= 0.3 is 0 Å². The van der Waals surface area contributed by atoms with Crippen LogP contribution in [0.4, 0.5) is 11.4 Å². The van der Waals surface area contributed by atoms with Gasteiger partial charge in [-0.2, -0.15) is 0 Å². The van der Waals surface area contributed by atoms with Crippen molar-refractivity contribution in [1.29, 1.82) is 0 Å². The van der Waals surface area contributed by atoms with Crippen LogP contribution in [0.5, 0.6) is 0 Å². The highest BCUT2D eigenvalue weighted by molar-refractivity contribution is 6.04. The average molecular weight is 439 g/mol. The second kappa shape index (κ2) is 9.78. The molecule has 0 saturated carbocycles. The van der Waals surface area contributed by atoms with E-state index in [0.717, 1.165) is 19.0 Å². The molecule has 2 amide bonds. The highest BCUT2D eigenvalue weighted by Crippen LogP contribution is 2.18. The van der Waals surface area contributed by atoms with Crippen molar-refractivity contribution in [2.75, 3.05) is 31.5 Å². The first-order valence-corrected chi connectivity index (χ1v) is 8.94. The Bertz CT molecular complexity index is 981. The number of guanidine groups is 1. The maximum absolute atomic E-state index is 12.4. The third-order valence-corrected chi connectivity index (χ3v) is 4.31. The number of anilines is 1. The van der Waals surface area contributed by atoms with E-state index in [-0.39, 0.29) is 29.7 Å². The second-order valence-electron chi connectivity index (χ2n) is 6.47. The summed E-state index contributed by atoms with van der Waals surface area (Å²) in [5, 5.41) is 22.4. The summed E-state index contributed by atoms with van der Waals surface area (Å²) in [6.45, 7) is 2.47. The van der Waals surface area contributed by atoms with Crippen LogP contribution in [-0.2, 0) is 14.1 Å². The van der Waals surface area contributed by atoms with Gasteiger partial charge in [-0.1, -0.05) is 0 Å². The van der Waals surface area contributed by atoms with E-state index in [0.29, 0.717) is 24.5 Å². The first-order chi connectivity index (χ1) is 13.8. The molecule has 4 N–H and O–H groups in total. The number of hydrogen-bond donors (Lipinski definition) is 4. The normalized spacial score (nSPS) is 12.4. The molecular formula is C17H23ClN8O4. The zero-order valence-corrected chi connectivity index (χ0v) is 17.3. The van der Waals surface area contributed by atoms with E-state index in [1.165, 1.54) is 16.8 Å². The Kier molecular flexibility index (Phi) is 7.42. The summed E-state index contributed by atoms with van der Waals surface area (Å²) < 4.78 is 2.97. The van der Waals surface area contributed by atoms with E-state index in [4.69, 9.17) is 0 Å². The van der Waals surface area contributed by atoms with Crippen LogP contribution >= 0.6 is 12.4 Å². The van der Waals surface area contributed by atoms with Crippen LogP contribution in [0.1, 0.15) is 21.0 Å². The number of aryl methyl sites for hydroxylation is 2. The van der Waals surface area contributed by atoms with Crippen LogP contribution in [0.3, 0.4) is 0 Å². The van der Waals surface area contributed by atoms with E-state index >= 15 is 0 Å². The number of amides is 2. The minimum atomic E-state index is -0.564. The Labute approximate surface area is 178 Å². The molecule has 0 aliphatic carbocycles. The summed E-state index contributed by atoms with van der Waals surface area (Å²) in [4.78, 5) is 39.3. The molecule has 0 unspecified atom stereocenters. The summed E-state index contributed by atoms with van der Waals surface area (Å²) in [7, 11) is 3.24. The Morgan fingerprint density at radius 3 is 2.50 bits per heavy atom. The maximum atomic E-state index is 12.4. The zero-order valence-electron chi connectivity index (χ0n) is 16.5. The predicted molar refractivity (Wildman–Crippen MR) is 113 cm³/mol. The number of rotatable bonds is 7. The lowest BCUT2D eigenvalue weighted by molar-refractivity contribution is -0.384. The Hall–Kier alpha value is -3.54. The molecule has 162 valence electrons. The summed E-state index contributed by atoms with van der Waals surface area (Å²) in [6.07, 6.45) is 2.86. The Morgan fingerprint density at radius 2 is 1.87 bits per heavy atom. The van der Waals surface area contributed by atoms with Crippen molar-refractivity contribution in [1.82, 2.24) is 25.1 Å². The molecule has 13 heteroatoms. The number of aliphatic imine (C=N–C) groups is 1. The molecule has 0 saturated heterocycles. The van der Waals surface area contributed by atoms with Gasteiger partial charge in [0, 0.05) is 46.0 Å². The van der Waals surface area contributed by atoms with Crippen molar-refractivity contribution >= 4 is 41.6 Å². The van der Waals surface area contributed by atoms with Gasteiger partial charge < -0.3 is 30.4 Å². The SMILES string of the molecule is Cl.Cn1cc(NC(=O)c2cc([N+](=O)[O-])cn2C)cc1C(=O)NCCNC1=NCCN1. The fraction of sp³-hybridized carbons (Fsp3) is 0.353. The maximum Gasteiger partial charge on any atom is 0.287 e. The molecule has 1 aliphatic rings. The van der Waals surface area contributed by atoms with Crippen molar-refractivity contribution in [3.63, 3.8) is 0 Å². The van der Waals surface area contributed by atoms with Crippen molar-refractivity contribution in [2.45, 2.75) is 0 Å². The van der Waals surface area contributed by atoms with Crippen LogP contribution < -0.4 is 21.3 Å². The second-order valence-corrected chi connectivity index (χ2v) is 6.47. The van der Waals surface area contributed by atoms with Gasteiger partial charge in [0.05, 0.1) is 23.4 Å². The van der Waals surface area contributed by atoms with Gasteiger partial charge in [0.1, 0.15) is 11.4 Å². The number of nitro groups is 1. The molecule has 30 heavy (non-hydrogen) atoms. The zero-order chi connectivity index (χ0) is 21.0. The van der Waals surface area contributed by atoms with E-state index in [1.54, 1.807) is 30.9 Å². The number of nitrogens with zero attached hydrogens (tertiary/aromatic N) is 4. The van der Waals surface area contributed by atoms with Gasteiger partial charge in [-0.25, -0.2) is 0 Å². The molecule has 0 aromatic carbocycles. The van der Waals surface area contributed by atoms with Crippen molar-refractivity contribution in [3.8, 4) is 0 Å². The van der Waals surface area contributed by atoms with Gasteiger partial charge in [-0.3, -0.25) is 24.7 Å². The molecule has 0 bridgehead atoms. The van der Waals surface area contributed by atoms with Gasteiger partial charge in [0.25, 0.3) is 17.5 Å². The lowest BCUT2D eigenvalue weighted by Crippen LogP contribution is -2.39. The first kappa shape index (κ1) is 22.7. The minimum absolute atomic E-state index is 0. The van der Waals surface area contributed by atoms with E-state index in [9.17, 15) is 19.7 Å². The quantitative estimate of drug-likeness (QED) is 0.276. The predicted octanol–water partition coefficient (Wildman–Crippen LogP) is 0.225. The molecule has 0 radical (unpaired) electrons. The number of hydrogen-bond acceptors (Lipinski definition) is 7. The highest BCUT2D eigenvalue weighted by Gasteiger charge is 2.19. The Morgan fingerprint density at radius 1 is 1.17 bits per heavy atom. The van der Waals surface area contributed by atoms with Crippen LogP contribution in [0.25, 0.3) is 0 Å². The first-order valence-electron chi connectivity index (χ1n) is 8.94. The number of nitrogens with one attached hydrogen (secondary N) is 4. The fourth-order valence-electron chi connectivity index (χ4n) is 2.89. The van der Waals surface area contributed by atoms with Gasteiger partial charge in [0.15, 0.2) is 5.96 Å². The minimum Gasteiger partial charge on any atom is -0.355 e. The van der Waals surface area contributed by atoms with E-state index in [2.05, 4.69) is 26.3 Å². The molecule has 0 fully saturated rings. The highest BCUT2D eigenvalue weighted by atomic mass is 35.5. The van der Waals surface area contributed by atoms with Crippen LogP contribution in [0.2, 0.25) is 0 Å². The van der Waals surface area contributed by atoms with Crippen LogP contribution in [0.15, 0.2) is 29.5 Å². The standard InChI is InChI=1S/C17H22N8O4.ClH/c1-23-9-11(22-16(27)14-8-12(25(28)29)10-24(14)2)7-13(23)15(26)18-3-4-19-17-20-5-6-21-17;/h7-10H,3-6H2,1-2H3,(H,18,26)(H,22,27)(H2,19,20,21);1H. The van der Waals surface area contributed by atoms with Gasteiger partial charge in [-0.05, 0) is 6.07 Å². The molecule has 12 nitrogen and oxygen atoms in total. The molecule has 3 rings (SSSR count). The number of carbonyl (C=O) groups is 2. The largest absolute Gasteiger partial charge is 0.355 e. The van der Waals surface area contributed by atoms with Crippen molar-refractivity contribution < 1.29 is 14.5 Å². The van der Waals surface area contributed by atoms with Gasteiger partial charge in [0.2, 0.25) is 0 Å². The average Bonchev–Trinajstić information content (AvgIpc) is 3.39. The third-order valence-electron chi connectivity index (χ3n) is 4.31. The lowest BCUT2D eigenvalue weighted by Gasteiger charge is -2.08. The third kappa shape index (κ3) is 5.29. The van der Waals surface area contributed by atoms with Crippen molar-refractivity contribution in [3.05, 3.63) is 46.0 Å². The van der Waals surface area contributed by atoms with Crippen LogP contribution in [0, 0.1) is 10.1 Å². The van der Waals surface area contributed by atoms with Crippen LogP contribution in [-0.4, -0.2) is 58.0 Å². The van der Waals surface area contributed by atoms with E-state index < -0.39 is 10.8 Å². The number of halogens is 1. The molecule has 0 spiro atoms. The molecule has 2 aromatic heterocycles. The fourth-order valence-corrected chi connectivity index (χ4v) is 2.89. The summed E-state index contributed by atoms with van der Waals surface area (Å²) in [6, 6.07) is 2.74. The summed E-state index contributed by atoms with van der Waals surface area (Å²) in [5.74, 6) is -0.0677. The summed E-state index contributed by atoms with van der Waals surface area (Å²) >= 11 is 0. The molecule has 2 aromatic rings. The molecular weight excluding hydrogens is 416 g/mol. The Balaban J connectivity index is 0.00000320. The summed E-state index contributed by atoms with van der Waals surface area (Å²) in [5.41, 5.74) is 0.753.